The Labute approximate surface area is 183 Å². The highest BCUT2D eigenvalue weighted by Gasteiger charge is 2.35. The van der Waals surface area contributed by atoms with Gasteiger partial charge in [-0.25, -0.2) is 13.8 Å². The number of aromatic nitrogens is 2. The van der Waals surface area contributed by atoms with Crippen LogP contribution in [0.3, 0.4) is 0 Å². The van der Waals surface area contributed by atoms with Crippen molar-refractivity contribution in [1.82, 2.24) is 9.97 Å². The third-order valence-electron chi connectivity index (χ3n) is 5.28. The molecule has 7 nitrogen and oxygen atoms in total. The first-order valence-corrected chi connectivity index (χ1v) is 9.88. The number of ether oxygens (including phenoxy) is 1. The minimum atomic E-state index is -2.59. The van der Waals surface area contributed by atoms with Gasteiger partial charge in [0.05, 0.1) is 30.0 Å². The van der Waals surface area contributed by atoms with Crippen molar-refractivity contribution in [2.75, 3.05) is 23.9 Å². The molecule has 9 heteroatoms. The molecule has 0 saturated carbocycles. The molecule has 0 spiro atoms. The zero-order chi connectivity index (χ0) is 22.8. The van der Waals surface area contributed by atoms with Gasteiger partial charge >= 0.3 is 0 Å². The molecule has 1 N–H and O–H groups in total. The maximum absolute atomic E-state index is 13.3. The summed E-state index contributed by atoms with van der Waals surface area (Å²) in [7, 11) is 1.48. The van der Waals surface area contributed by atoms with Crippen molar-refractivity contribution < 1.29 is 23.1 Å². The molecule has 3 heterocycles. The molecule has 3 aromatic rings. The van der Waals surface area contributed by atoms with Crippen molar-refractivity contribution in [2.24, 2.45) is 0 Å². The summed E-state index contributed by atoms with van der Waals surface area (Å²) in [5.41, 5.74) is 2.54. The molecule has 1 aliphatic rings. The molecule has 164 valence electrons. The van der Waals surface area contributed by atoms with E-state index in [1.54, 1.807) is 25.3 Å². The van der Waals surface area contributed by atoms with Crippen LogP contribution in [-0.2, 0) is 9.59 Å². The molecule has 0 bridgehead atoms. The van der Waals surface area contributed by atoms with Crippen molar-refractivity contribution in [3.8, 4) is 17.0 Å². The molecule has 32 heavy (non-hydrogen) atoms. The second kappa shape index (κ2) is 8.70. The van der Waals surface area contributed by atoms with Gasteiger partial charge in [0, 0.05) is 29.2 Å². The fourth-order valence-corrected chi connectivity index (χ4v) is 3.73. The molecule has 0 radical (unpaired) electrons. The standard InChI is InChI=1S/C23H20F2N4O3/c1-13-20-16(4-3-10-26-20)19-17(9-11-27-22(19)32-2)29(23(13)31)12-18(30)28-15-7-5-14(6-8-15)21(24)25/h3-11,13,21H,12H2,1-2H3,(H,28,30)/t13-/m1/s1. The van der Waals surface area contributed by atoms with Crippen LogP contribution in [0.5, 0.6) is 5.88 Å². The predicted molar refractivity (Wildman–Crippen MR) is 115 cm³/mol. The molecule has 2 amide bonds. The summed E-state index contributed by atoms with van der Waals surface area (Å²) in [6, 6.07) is 10.5. The minimum absolute atomic E-state index is 0.140. The summed E-state index contributed by atoms with van der Waals surface area (Å²) in [6.45, 7) is 1.45. The Hall–Kier alpha value is -3.88. The number of methoxy groups -OCH3 is 1. The molecule has 0 aliphatic carbocycles. The number of carbonyl (C=O) groups is 2. The number of nitrogens with zero attached hydrogens (tertiary/aromatic N) is 3. The van der Waals surface area contributed by atoms with Gasteiger partial charge in [-0.15, -0.1) is 0 Å². The van der Waals surface area contributed by atoms with Crippen molar-refractivity contribution in [1.29, 1.82) is 0 Å². The van der Waals surface area contributed by atoms with Gasteiger partial charge < -0.3 is 15.0 Å². The van der Waals surface area contributed by atoms with Crippen LogP contribution >= 0.6 is 0 Å². The zero-order valence-electron chi connectivity index (χ0n) is 17.4. The number of halogens is 2. The smallest absolute Gasteiger partial charge is 0.263 e. The summed E-state index contributed by atoms with van der Waals surface area (Å²) in [6.07, 6.45) is 0.521. The predicted octanol–water partition coefficient (Wildman–Crippen LogP) is 4.18. The van der Waals surface area contributed by atoms with Crippen LogP contribution in [0.25, 0.3) is 11.1 Å². The van der Waals surface area contributed by atoms with E-state index in [1.165, 1.54) is 42.5 Å². The summed E-state index contributed by atoms with van der Waals surface area (Å²) in [4.78, 5) is 36.1. The van der Waals surface area contributed by atoms with E-state index in [9.17, 15) is 18.4 Å². The Morgan fingerprint density at radius 3 is 2.59 bits per heavy atom. The van der Waals surface area contributed by atoms with Crippen molar-refractivity contribution in [3.05, 3.63) is 66.1 Å². The van der Waals surface area contributed by atoms with Crippen LogP contribution in [0, 0.1) is 0 Å². The first kappa shape index (κ1) is 21.4. The lowest BCUT2D eigenvalue weighted by atomic mass is 9.98. The van der Waals surface area contributed by atoms with Crippen LogP contribution in [0.2, 0.25) is 0 Å². The molecule has 2 aromatic heterocycles. The summed E-state index contributed by atoms with van der Waals surface area (Å²) in [5.74, 6) is -1.08. The number of rotatable bonds is 5. The van der Waals surface area contributed by atoms with Gasteiger partial charge in [0.2, 0.25) is 17.7 Å². The number of benzene rings is 1. The molecule has 0 saturated heterocycles. The van der Waals surface area contributed by atoms with E-state index in [4.69, 9.17) is 4.74 Å². The lowest BCUT2D eigenvalue weighted by Crippen LogP contribution is -2.40. The number of hydrogen-bond acceptors (Lipinski definition) is 5. The lowest BCUT2D eigenvalue weighted by Gasteiger charge is -2.24. The number of fused-ring (bicyclic) bond motifs is 3. The molecule has 0 fully saturated rings. The Morgan fingerprint density at radius 1 is 1.16 bits per heavy atom. The van der Waals surface area contributed by atoms with Gasteiger partial charge in [0.1, 0.15) is 6.54 Å². The van der Waals surface area contributed by atoms with E-state index in [1.807, 2.05) is 6.07 Å². The van der Waals surface area contributed by atoms with Crippen LogP contribution in [-0.4, -0.2) is 35.4 Å². The number of nitrogens with one attached hydrogen (secondary N) is 1. The third kappa shape index (κ3) is 3.89. The van der Waals surface area contributed by atoms with Gasteiger partial charge in [0.15, 0.2) is 0 Å². The number of anilines is 2. The summed E-state index contributed by atoms with van der Waals surface area (Å²) >= 11 is 0. The topological polar surface area (TPSA) is 84.4 Å². The van der Waals surface area contributed by atoms with E-state index in [2.05, 4.69) is 15.3 Å². The highest BCUT2D eigenvalue weighted by molar-refractivity contribution is 6.09. The lowest BCUT2D eigenvalue weighted by molar-refractivity contribution is -0.122. The molecular weight excluding hydrogens is 418 g/mol. The van der Waals surface area contributed by atoms with Crippen molar-refractivity contribution >= 4 is 23.2 Å². The van der Waals surface area contributed by atoms with Crippen LogP contribution in [0.15, 0.2) is 54.9 Å². The maximum Gasteiger partial charge on any atom is 0.263 e. The number of hydrogen-bond donors (Lipinski definition) is 1. The average Bonchev–Trinajstić information content (AvgIpc) is 2.89. The Kier molecular flexibility index (Phi) is 5.81. The SMILES string of the molecule is COc1nccc2c1-c1cccnc1[C@@H](C)C(=O)N2CC(=O)Nc1ccc(C(F)F)cc1. The van der Waals surface area contributed by atoms with Gasteiger partial charge in [0.25, 0.3) is 6.43 Å². The Morgan fingerprint density at radius 2 is 1.91 bits per heavy atom. The largest absolute Gasteiger partial charge is 0.480 e. The quantitative estimate of drug-likeness (QED) is 0.646. The second-order valence-electron chi connectivity index (χ2n) is 7.27. The van der Waals surface area contributed by atoms with Crippen LogP contribution in [0.1, 0.15) is 30.5 Å². The highest BCUT2D eigenvalue weighted by Crippen LogP contribution is 2.43. The fraction of sp³-hybridized carbons (Fsp3) is 0.217. The molecule has 1 aromatic carbocycles. The van der Waals surface area contributed by atoms with E-state index < -0.39 is 18.3 Å². The zero-order valence-corrected chi connectivity index (χ0v) is 17.4. The summed E-state index contributed by atoms with van der Waals surface area (Å²) in [5, 5.41) is 2.65. The van der Waals surface area contributed by atoms with E-state index >= 15 is 0 Å². The fourth-order valence-electron chi connectivity index (χ4n) is 3.73. The van der Waals surface area contributed by atoms with Crippen LogP contribution < -0.4 is 15.0 Å². The third-order valence-corrected chi connectivity index (χ3v) is 5.28. The van der Waals surface area contributed by atoms with Crippen molar-refractivity contribution in [2.45, 2.75) is 19.3 Å². The van der Waals surface area contributed by atoms with Crippen molar-refractivity contribution in [3.63, 3.8) is 0 Å². The average molecular weight is 438 g/mol. The van der Waals surface area contributed by atoms with E-state index in [-0.39, 0.29) is 18.0 Å². The number of amides is 2. The number of alkyl halides is 2. The van der Waals surface area contributed by atoms with E-state index in [0.29, 0.717) is 34.1 Å². The number of pyridine rings is 2. The molecular formula is C23H20F2N4O3. The maximum atomic E-state index is 13.3. The van der Waals surface area contributed by atoms with Crippen LogP contribution in [0.4, 0.5) is 20.2 Å². The first-order valence-electron chi connectivity index (χ1n) is 9.88. The molecule has 0 unspecified atom stereocenters. The Balaban J connectivity index is 1.68. The minimum Gasteiger partial charge on any atom is -0.480 e. The second-order valence-corrected chi connectivity index (χ2v) is 7.27. The van der Waals surface area contributed by atoms with Gasteiger partial charge in [-0.05, 0) is 31.2 Å². The summed E-state index contributed by atoms with van der Waals surface area (Å²) < 4.78 is 30.9. The highest BCUT2D eigenvalue weighted by atomic mass is 19.3. The van der Waals surface area contributed by atoms with Gasteiger partial charge in [-0.1, -0.05) is 18.2 Å². The first-order chi connectivity index (χ1) is 15.4. The molecule has 1 atom stereocenters. The molecule has 4 rings (SSSR count). The Bertz CT molecular complexity index is 1170. The monoisotopic (exact) mass is 438 g/mol. The number of carbonyl (C=O) groups excluding carboxylic acids is 2. The van der Waals surface area contributed by atoms with Gasteiger partial charge in [-0.3, -0.25) is 14.6 Å². The van der Waals surface area contributed by atoms with E-state index in [0.717, 1.165) is 0 Å². The molecule has 1 aliphatic heterocycles. The normalized spacial score (nSPS) is 15.1. The van der Waals surface area contributed by atoms with Gasteiger partial charge in [-0.2, -0.15) is 0 Å².